The van der Waals surface area contributed by atoms with Crippen LogP contribution in [0.4, 0.5) is 0 Å². The highest BCUT2D eigenvalue weighted by molar-refractivity contribution is 5.76. The molecule has 0 aliphatic carbocycles. The second-order valence-electron chi connectivity index (χ2n) is 6.01. The van der Waals surface area contributed by atoms with Crippen molar-refractivity contribution in [3.05, 3.63) is 76.0 Å². The lowest BCUT2D eigenvalue weighted by Gasteiger charge is -2.10. The summed E-state index contributed by atoms with van der Waals surface area (Å²) in [5, 5.41) is 0. The minimum atomic E-state index is 0.874. The van der Waals surface area contributed by atoms with E-state index in [0.717, 1.165) is 24.1 Å². The van der Waals surface area contributed by atoms with Crippen LogP contribution >= 0.6 is 0 Å². The third kappa shape index (κ3) is 5.28. The molecule has 0 radical (unpaired) electrons. The molecule has 1 aromatic carbocycles. The van der Waals surface area contributed by atoms with Crippen LogP contribution in [0.2, 0.25) is 0 Å². The molecule has 0 fully saturated rings. The van der Waals surface area contributed by atoms with Gasteiger partial charge in [0.1, 0.15) is 0 Å². The maximum Gasteiger partial charge on any atom is 0.0346 e. The lowest BCUT2D eigenvalue weighted by Crippen LogP contribution is -2.02. The van der Waals surface area contributed by atoms with Crippen molar-refractivity contribution >= 4 is 5.57 Å². The molecule has 0 saturated heterocycles. The molecule has 0 aliphatic heterocycles. The summed E-state index contributed by atoms with van der Waals surface area (Å²) >= 11 is 0. The SMILES string of the molecule is C\C=C(/C=C\C(C(\N)=C\CC)=C(\C)CC)c1ccc(C)cc1C. The predicted molar refractivity (Wildman–Crippen MR) is 104 cm³/mol. The van der Waals surface area contributed by atoms with E-state index in [-0.39, 0.29) is 0 Å². The molecule has 124 valence electrons. The number of aryl methyl sites for hydroxylation is 2. The van der Waals surface area contributed by atoms with Gasteiger partial charge in [0.2, 0.25) is 0 Å². The molecule has 2 N–H and O–H groups in total. The highest BCUT2D eigenvalue weighted by atomic mass is 14.6. The van der Waals surface area contributed by atoms with Crippen molar-refractivity contribution in [1.29, 1.82) is 0 Å². The quantitative estimate of drug-likeness (QED) is 0.618. The third-order valence-electron chi connectivity index (χ3n) is 4.16. The van der Waals surface area contributed by atoms with Gasteiger partial charge in [-0.25, -0.2) is 0 Å². The van der Waals surface area contributed by atoms with Gasteiger partial charge >= 0.3 is 0 Å². The van der Waals surface area contributed by atoms with E-state index in [2.05, 4.69) is 84.0 Å². The molecule has 0 aliphatic rings. The number of hydrogen-bond donors (Lipinski definition) is 1. The Morgan fingerprint density at radius 3 is 2.35 bits per heavy atom. The largest absolute Gasteiger partial charge is 0.399 e. The van der Waals surface area contributed by atoms with Gasteiger partial charge in [-0.3, -0.25) is 0 Å². The molecular weight excluding hydrogens is 278 g/mol. The van der Waals surface area contributed by atoms with Gasteiger partial charge < -0.3 is 5.73 Å². The second-order valence-corrected chi connectivity index (χ2v) is 6.01. The van der Waals surface area contributed by atoms with Crippen LogP contribution in [-0.2, 0) is 0 Å². The standard InChI is InChI=1S/C22H31N/c1-7-10-22(23)21(17(5)8-2)14-12-19(9-3)20-13-11-16(4)15-18(20)6/h9-15H,7-8,23H2,1-6H3/b14-12-,19-9+,21-17+,22-10-. The molecule has 0 saturated carbocycles. The van der Waals surface area contributed by atoms with E-state index in [9.17, 15) is 0 Å². The van der Waals surface area contributed by atoms with Crippen LogP contribution in [0.5, 0.6) is 0 Å². The van der Waals surface area contributed by atoms with Gasteiger partial charge in [0.05, 0.1) is 0 Å². The van der Waals surface area contributed by atoms with E-state index in [1.807, 2.05) is 0 Å². The Kier molecular flexibility index (Phi) is 7.61. The smallest absolute Gasteiger partial charge is 0.0346 e. The van der Waals surface area contributed by atoms with Gasteiger partial charge in [-0.2, -0.15) is 0 Å². The molecular formula is C22H31N. The van der Waals surface area contributed by atoms with Crippen LogP contribution in [0.15, 0.2) is 59.3 Å². The summed E-state index contributed by atoms with van der Waals surface area (Å²) in [4.78, 5) is 0. The third-order valence-corrected chi connectivity index (χ3v) is 4.16. The van der Waals surface area contributed by atoms with Gasteiger partial charge in [0.15, 0.2) is 0 Å². The monoisotopic (exact) mass is 309 g/mol. The Hall–Kier alpha value is -2.02. The number of hydrogen-bond acceptors (Lipinski definition) is 1. The zero-order valence-electron chi connectivity index (χ0n) is 15.5. The maximum absolute atomic E-state index is 6.25. The molecule has 0 aromatic heterocycles. The number of nitrogens with two attached hydrogens (primary N) is 1. The van der Waals surface area contributed by atoms with Crippen molar-refractivity contribution in [2.45, 2.75) is 54.4 Å². The Balaban J connectivity index is 3.23. The maximum atomic E-state index is 6.25. The van der Waals surface area contributed by atoms with Crippen LogP contribution in [0.25, 0.3) is 5.57 Å². The molecule has 23 heavy (non-hydrogen) atoms. The first-order valence-electron chi connectivity index (χ1n) is 8.52. The van der Waals surface area contributed by atoms with Crippen molar-refractivity contribution in [3.63, 3.8) is 0 Å². The van der Waals surface area contributed by atoms with Crippen LogP contribution in [0.3, 0.4) is 0 Å². The molecule has 1 heteroatoms. The molecule has 0 unspecified atom stereocenters. The van der Waals surface area contributed by atoms with E-state index < -0.39 is 0 Å². The Morgan fingerprint density at radius 1 is 1.13 bits per heavy atom. The van der Waals surface area contributed by atoms with E-state index in [4.69, 9.17) is 5.73 Å². The fourth-order valence-electron chi connectivity index (χ4n) is 2.66. The highest BCUT2D eigenvalue weighted by Crippen LogP contribution is 2.23. The summed E-state index contributed by atoms with van der Waals surface area (Å²) in [5.74, 6) is 0. The first kappa shape index (κ1) is 19.0. The zero-order valence-corrected chi connectivity index (χ0v) is 15.5. The van der Waals surface area contributed by atoms with E-state index >= 15 is 0 Å². The average Bonchev–Trinajstić information content (AvgIpc) is 2.52. The fourth-order valence-corrected chi connectivity index (χ4v) is 2.66. The van der Waals surface area contributed by atoms with Crippen LogP contribution in [0.1, 0.15) is 57.2 Å². The highest BCUT2D eigenvalue weighted by Gasteiger charge is 2.04. The molecule has 0 bridgehead atoms. The van der Waals surface area contributed by atoms with Crippen molar-refractivity contribution in [3.8, 4) is 0 Å². The van der Waals surface area contributed by atoms with Gasteiger partial charge in [0, 0.05) is 5.70 Å². The average molecular weight is 309 g/mol. The van der Waals surface area contributed by atoms with Crippen molar-refractivity contribution in [1.82, 2.24) is 0 Å². The first-order chi connectivity index (χ1) is 10.9. The summed E-state index contributed by atoms with van der Waals surface area (Å²) in [6.07, 6.45) is 10.6. The summed E-state index contributed by atoms with van der Waals surface area (Å²) < 4.78 is 0. The molecule has 1 nitrogen and oxygen atoms in total. The zero-order chi connectivity index (χ0) is 17.4. The molecule has 0 atom stereocenters. The van der Waals surface area contributed by atoms with Crippen LogP contribution in [0, 0.1) is 13.8 Å². The molecule has 0 spiro atoms. The predicted octanol–water partition coefficient (Wildman–Crippen LogP) is 6.24. The normalized spacial score (nSPS) is 14.3. The first-order valence-corrected chi connectivity index (χ1v) is 8.52. The van der Waals surface area contributed by atoms with E-state index in [0.29, 0.717) is 0 Å². The van der Waals surface area contributed by atoms with Crippen LogP contribution in [-0.4, -0.2) is 0 Å². The Morgan fingerprint density at radius 2 is 1.83 bits per heavy atom. The van der Waals surface area contributed by atoms with Gasteiger partial charge in [-0.1, -0.05) is 67.5 Å². The molecule has 1 aromatic rings. The summed E-state index contributed by atoms with van der Waals surface area (Å²) in [6.45, 7) is 12.8. The Labute approximate surface area is 142 Å². The molecule has 0 heterocycles. The number of rotatable bonds is 6. The Bertz CT molecular complexity index is 655. The molecule has 0 amide bonds. The van der Waals surface area contributed by atoms with Crippen molar-refractivity contribution in [2.75, 3.05) is 0 Å². The lowest BCUT2D eigenvalue weighted by atomic mass is 9.96. The number of benzene rings is 1. The topological polar surface area (TPSA) is 26.0 Å². The minimum absolute atomic E-state index is 0.874. The number of allylic oxidation sites excluding steroid dienone is 6. The second kappa shape index (κ2) is 9.19. The lowest BCUT2D eigenvalue weighted by molar-refractivity contribution is 1.06. The van der Waals surface area contributed by atoms with Crippen molar-refractivity contribution in [2.24, 2.45) is 5.73 Å². The van der Waals surface area contributed by atoms with Gasteiger partial charge in [-0.15, -0.1) is 0 Å². The fraction of sp³-hybridized carbons (Fsp3) is 0.364. The summed E-state index contributed by atoms with van der Waals surface area (Å²) in [6, 6.07) is 6.59. The van der Waals surface area contributed by atoms with Crippen LogP contribution < -0.4 is 5.73 Å². The minimum Gasteiger partial charge on any atom is -0.399 e. The van der Waals surface area contributed by atoms with Gasteiger partial charge in [0.25, 0.3) is 0 Å². The summed E-state index contributed by atoms with van der Waals surface area (Å²) in [5.41, 5.74) is 14.7. The van der Waals surface area contributed by atoms with E-state index in [1.54, 1.807) is 0 Å². The molecule has 1 rings (SSSR count). The van der Waals surface area contributed by atoms with Crippen molar-refractivity contribution < 1.29 is 0 Å². The summed E-state index contributed by atoms with van der Waals surface area (Å²) in [7, 11) is 0. The van der Waals surface area contributed by atoms with Gasteiger partial charge in [-0.05, 0) is 62.8 Å². The van der Waals surface area contributed by atoms with E-state index in [1.165, 1.54) is 27.8 Å².